The largest absolute Gasteiger partial charge is 0.396 e. The highest BCUT2D eigenvalue weighted by Gasteiger charge is 2.14. The summed E-state index contributed by atoms with van der Waals surface area (Å²) in [5.41, 5.74) is 0.552. The van der Waals surface area contributed by atoms with E-state index in [0.29, 0.717) is 12.1 Å². The number of carbonyl (C=O) groups is 1. The summed E-state index contributed by atoms with van der Waals surface area (Å²) in [7, 11) is 0. The Morgan fingerprint density at radius 2 is 2.33 bits per heavy atom. The standard InChI is InChI=1S/C15H21N3O2S/c1-11(2)18-9-13(8-17-18)15(20)16-7-12(10-19)6-14-4-3-5-21-14/h3-5,8-9,11-12,19H,6-7,10H2,1-2H3,(H,16,20)/t12-/m1/s1. The smallest absolute Gasteiger partial charge is 0.254 e. The topological polar surface area (TPSA) is 67.2 Å². The highest BCUT2D eigenvalue weighted by Crippen LogP contribution is 2.14. The molecule has 0 fully saturated rings. The zero-order chi connectivity index (χ0) is 15.2. The Morgan fingerprint density at radius 1 is 1.52 bits per heavy atom. The van der Waals surface area contributed by atoms with Gasteiger partial charge in [-0.25, -0.2) is 0 Å². The first kappa shape index (κ1) is 15.7. The first-order chi connectivity index (χ1) is 10.1. The fraction of sp³-hybridized carbons (Fsp3) is 0.467. The van der Waals surface area contributed by atoms with E-state index in [2.05, 4.69) is 10.4 Å². The molecule has 2 N–H and O–H groups in total. The van der Waals surface area contributed by atoms with E-state index in [1.807, 2.05) is 31.4 Å². The minimum atomic E-state index is -0.147. The molecule has 2 aromatic heterocycles. The Morgan fingerprint density at radius 3 is 2.90 bits per heavy atom. The highest BCUT2D eigenvalue weighted by atomic mass is 32.1. The van der Waals surface area contributed by atoms with E-state index in [0.717, 1.165) is 6.42 Å². The number of rotatable bonds is 7. The first-order valence-electron chi connectivity index (χ1n) is 7.05. The van der Waals surface area contributed by atoms with E-state index in [9.17, 15) is 9.90 Å². The van der Waals surface area contributed by atoms with Crippen molar-refractivity contribution >= 4 is 17.2 Å². The second kappa shape index (κ2) is 7.38. The lowest BCUT2D eigenvalue weighted by Crippen LogP contribution is -2.31. The number of aromatic nitrogens is 2. The number of amides is 1. The van der Waals surface area contributed by atoms with Gasteiger partial charge in [-0.3, -0.25) is 9.48 Å². The van der Waals surface area contributed by atoms with Crippen molar-refractivity contribution in [1.29, 1.82) is 0 Å². The van der Waals surface area contributed by atoms with Gasteiger partial charge in [0.2, 0.25) is 0 Å². The molecule has 0 saturated heterocycles. The predicted octanol–water partition coefficient (Wildman–Crippen LogP) is 2.11. The van der Waals surface area contributed by atoms with Gasteiger partial charge in [-0.05, 0) is 31.7 Å². The van der Waals surface area contributed by atoms with Crippen LogP contribution in [0.4, 0.5) is 0 Å². The molecule has 0 aliphatic carbocycles. The van der Waals surface area contributed by atoms with E-state index >= 15 is 0 Å². The van der Waals surface area contributed by atoms with Crippen LogP contribution in [0.15, 0.2) is 29.9 Å². The lowest BCUT2D eigenvalue weighted by molar-refractivity contribution is 0.0940. The Hall–Kier alpha value is -1.66. The van der Waals surface area contributed by atoms with Crippen LogP contribution in [-0.2, 0) is 6.42 Å². The molecule has 0 bridgehead atoms. The van der Waals surface area contributed by atoms with Crippen LogP contribution in [-0.4, -0.2) is 33.9 Å². The molecule has 0 aliphatic rings. The third-order valence-corrected chi connectivity index (χ3v) is 4.17. The number of aliphatic hydroxyl groups is 1. The van der Waals surface area contributed by atoms with E-state index in [1.165, 1.54) is 4.88 Å². The summed E-state index contributed by atoms with van der Waals surface area (Å²) in [6.07, 6.45) is 4.09. The zero-order valence-corrected chi connectivity index (χ0v) is 13.1. The number of nitrogens with one attached hydrogen (secondary N) is 1. The summed E-state index contributed by atoms with van der Waals surface area (Å²) in [5, 5.41) is 18.5. The molecular formula is C15H21N3O2S. The highest BCUT2D eigenvalue weighted by molar-refractivity contribution is 7.09. The van der Waals surface area contributed by atoms with Gasteiger partial charge >= 0.3 is 0 Å². The van der Waals surface area contributed by atoms with E-state index in [4.69, 9.17) is 0 Å². The van der Waals surface area contributed by atoms with Crippen molar-refractivity contribution in [2.45, 2.75) is 26.3 Å². The van der Waals surface area contributed by atoms with Gasteiger partial charge in [0.1, 0.15) is 0 Å². The molecule has 1 atom stereocenters. The molecule has 21 heavy (non-hydrogen) atoms. The van der Waals surface area contributed by atoms with Crippen LogP contribution in [0.2, 0.25) is 0 Å². The fourth-order valence-electron chi connectivity index (χ4n) is 1.99. The van der Waals surface area contributed by atoms with Crippen LogP contribution in [0.1, 0.15) is 35.1 Å². The molecule has 2 heterocycles. The third kappa shape index (κ3) is 4.41. The summed E-state index contributed by atoms with van der Waals surface area (Å²) >= 11 is 1.67. The quantitative estimate of drug-likeness (QED) is 0.823. The molecular weight excluding hydrogens is 286 g/mol. The molecule has 0 unspecified atom stereocenters. The summed E-state index contributed by atoms with van der Waals surface area (Å²) in [6.45, 7) is 4.54. The molecule has 0 aromatic carbocycles. The van der Waals surface area contributed by atoms with Crippen molar-refractivity contribution in [3.8, 4) is 0 Å². The molecule has 2 aromatic rings. The Bertz CT molecular complexity index is 563. The summed E-state index contributed by atoms with van der Waals surface area (Å²) < 4.78 is 1.75. The molecule has 2 rings (SSSR count). The molecule has 1 amide bonds. The fourth-order valence-corrected chi connectivity index (χ4v) is 2.81. The van der Waals surface area contributed by atoms with Crippen molar-refractivity contribution in [1.82, 2.24) is 15.1 Å². The minimum absolute atomic E-state index is 0.0349. The third-order valence-electron chi connectivity index (χ3n) is 3.27. The average molecular weight is 307 g/mol. The predicted molar refractivity (Wildman–Crippen MR) is 83.5 cm³/mol. The van der Waals surface area contributed by atoms with Gasteiger partial charge in [-0.1, -0.05) is 6.07 Å². The van der Waals surface area contributed by atoms with Crippen LogP contribution in [0.25, 0.3) is 0 Å². The minimum Gasteiger partial charge on any atom is -0.396 e. The Labute approximate surface area is 128 Å². The zero-order valence-electron chi connectivity index (χ0n) is 12.3. The maximum absolute atomic E-state index is 12.1. The van der Waals surface area contributed by atoms with Gasteiger partial charge in [0.15, 0.2) is 0 Å². The number of hydrogen-bond acceptors (Lipinski definition) is 4. The van der Waals surface area contributed by atoms with Crippen LogP contribution in [0, 0.1) is 5.92 Å². The SMILES string of the molecule is CC(C)n1cc(C(=O)NC[C@H](CO)Cc2cccs2)cn1. The number of nitrogens with zero attached hydrogens (tertiary/aromatic N) is 2. The van der Waals surface area contributed by atoms with E-state index in [-0.39, 0.29) is 24.5 Å². The molecule has 0 spiro atoms. The van der Waals surface area contributed by atoms with E-state index < -0.39 is 0 Å². The summed E-state index contributed by atoms with van der Waals surface area (Å²) in [5.74, 6) is -0.112. The lowest BCUT2D eigenvalue weighted by Gasteiger charge is -2.13. The number of thiophene rings is 1. The molecule has 0 saturated carbocycles. The summed E-state index contributed by atoms with van der Waals surface area (Å²) in [4.78, 5) is 13.3. The van der Waals surface area contributed by atoms with Gasteiger partial charge in [-0.2, -0.15) is 5.10 Å². The number of aliphatic hydroxyl groups excluding tert-OH is 1. The second-order valence-electron chi connectivity index (χ2n) is 5.34. The summed E-state index contributed by atoms with van der Waals surface area (Å²) in [6, 6.07) is 4.27. The van der Waals surface area contributed by atoms with Crippen molar-refractivity contribution in [3.05, 3.63) is 40.3 Å². The maximum atomic E-state index is 12.1. The van der Waals surface area contributed by atoms with Crippen molar-refractivity contribution in [2.75, 3.05) is 13.2 Å². The van der Waals surface area contributed by atoms with Crippen LogP contribution >= 0.6 is 11.3 Å². The van der Waals surface area contributed by atoms with Crippen molar-refractivity contribution < 1.29 is 9.90 Å². The van der Waals surface area contributed by atoms with Crippen molar-refractivity contribution in [3.63, 3.8) is 0 Å². The Kier molecular flexibility index (Phi) is 5.52. The normalized spacial score (nSPS) is 12.6. The molecule has 0 radical (unpaired) electrons. The van der Waals surface area contributed by atoms with Crippen LogP contribution in [0.5, 0.6) is 0 Å². The average Bonchev–Trinajstić information content (AvgIpc) is 3.13. The first-order valence-corrected chi connectivity index (χ1v) is 7.93. The van der Waals surface area contributed by atoms with Crippen molar-refractivity contribution in [2.24, 2.45) is 5.92 Å². The van der Waals surface area contributed by atoms with Gasteiger partial charge < -0.3 is 10.4 Å². The van der Waals surface area contributed by atoms with Crippen LogP contribution in [0.3, 0.4) is 0 Å². The number of hydrogen-bond donors (Lipinski definition) is 2. The number of carbonyl (C=O) groups excluding carboxylic acids is 1. The Balaban J connectivity index is 1.86. The second-order valence-corrected chi connectivity index (χ2v) is 6.38. The van der Waals surface area contributed by atoms with Gasteiger partial charge in [0.25, 0.3) is 5.91 Å². The van der Waals surface area contributed by atoms with Gasteiger partial charge in [0, 0.05) is 36.2 Å². The van der Waals surface area contributed by atoms with E-state index in [1.54, 1.807) is 28.4 Å². The maximum Gasteiger partial charge on any atom is 0.254 e. The van der Waals surface area contributed by atoms with Gasteiger partial charge in [0.05, 0.1) is 11.8 Å². The molecule has 0 aliphatic heterocycles. The lowest BCUT2D eigenvalue weighted by atomic mass is 10.1. The van der Waals surface area contributed by atoms with Gasteiger partial charge in [-0.15, -0.1) is 11.3 Å². The van der Waals surface area contributed by atoms with Crippen LogP contribution < -0.4 is 5.32 Å². The molecule has 114 valence electrons. The monoisotopic (exact) mass is 307 g/mol. The molecule has 6 heteroatoms. The molecule has 5 nitrogen and oxygen atoms in total.